The molecule has 0 fully saturated rings. The summed E-state index contributed by atoms with van der Waals surface area (Å²) in [7, 11) is 0. The van der Waals surface area contributed by atoms with Crippen LogP contribution in [0.5, 0.6) is 0 Å². The molecule has 0 unspecified atom stereocenters. The first-order valence-corrected chi connectivity index (χ1v) is 3.70. The molecule has 0 bridgehead atoms. The highest BCUT2D eigenvalue weighted by Gasteiger charge is 2.08. The topological polar surface area (TPSA) is 87.5 Å². The van der Waals surface area contributed by atoms with E-state index in [1.54, 1.807) is 0 Å². The van der Waals surface area contributed by atoms with Crippen LogP contribution in [0, 0.1) is 0 Å². The second-order valence-electron chi connectivity index (χ2n) is 2.39. The van der Waals surface area contributed by atoms with Crippen LogP contribution in [0.25, 0.3) is 0 Å². The molecule has 0 aliphatic heterocycles. The van der Waals surface area contributed by atoms with Crippen molar-refractivity contribution in [2.24, 2.45) is 0 Å². The Morgan fingerprint density at radius 2 is 1.93 bits per heavy atom. The minimum Gasteiger partial charge on any atom is -0.515 e. The highest BCUT2D eigenvalue weighted by molar-refractivity contribution is 6.03. The van der Waals surface area contributed by atoms with Gasteiger partial charge in [0, 0.05) is 6.08 Å². The lowest BCUT2D eigenvalue weighted by Gasteiger charge is -1.96. The molecule has 1 aromatic heterocycles. The lowest BCUT2D eigenvalue weighted by molar-refractivity contribution is 0.0690. The van der Waals surface area contributed by atoms with Crippen molar-refractivity contribution in [2.45, 2.75) is 0 Å². The number of carboxylic acids is 1. The van der Waals surface area contributed by atoms with Gasteiger partial charge in [0.1, 0.15) is 11.4 Å². The molecule has 0 saturated heterocycles. The number of carboxylic acid groups (broad SMARTS) is 1. The van der Waals surface area contributed by atoms with Crippen LogP contribution in [0.3, 0.4) is 0 Å². The van der Waals surface area contributed by atoms with E-state index in [1.807, 2.05) is 0 Å². The van der Waals surface area contributed by atoms with Crippen LogP contribution in [0.15, 0.2) is 30.5 Å². The van der Waals surface area contributed by atoms with Crippen molar-refractivity contribution in [1.82, 2.24) is 4.98 Å². The molecule has 0 aromatic carbocycles. The van der Waals surface area contributed by atoms with E-state index in [1.165, 1.54) is 18.2 Å². The van der Waals surface area contributed by atoms with Gasteiger partial charge in [-0.3, -0.25) is 4.79 Å². The lowest BCUT2D eigenvalue weighted by atomic mass is 10.2. The van der Waals surface area contributed by atoms with Crippen molar-refractivity contribution < 1.29 is 19.8 Å². The van der Waals surface area contributed by atoms with Crippen LogP contribution < -0.4 is 0 Å². The number of aromatic carboxylic acids is 1. The third kappa shape index (κ3) is 2.16. The Morgan fingerprint density at radius 1 is 1.29 bits per heavy atom. The average molecular weight is 193 g/mol. The molecule has 5 nitrogen and oxygen atoms in total. The molecule has 5 heteroatoms. The van der Waals surface area contributed by atoms with Gasteiger partial charge in [0.25, 0.3) is 0 Å². The number of hydrogen-bond donors (Lipinski definition) is 2. The summed E-state index contributed by atoms with van der Waals surface area (Å²) in [5.74, 6) is -1.75. The fraction of sp³-hybridized carbons (Fsp3) is 0. The smallest absolute Gasteiger partial charge is 0.354 e. The molecule has 2 N–H and O–H groups in total. The highest BCUT2D eigenvalue weighted by Crippen LogP contribution is 2.01. The number of aromatic nitrogens is 1. The summed E-state index contributed by atoms with van der Waals surface area (Å²) in [5.41, 5.74) is -0.225. The molecular weight excluding hydrogens is 186 g/mol. The molecule has 0 atom stereocenters. The molecule has 72 valence electrons. The van der Waals surface area contributed by atoms with E-state index in [0.29, 0.717) is 6.26 Å². The maximum Gasteiger partial charge on any atom is 0.354 e. The Labute approximate surface area is 79.3 Å². The minimum atomic E-state index is -1.20. The molecule has 14 heavy (non-hydrogen) atoms. The van der Waals surface area contributed by atoms with Crippen LogP contribution in [-0.2, 0) is 0 Å². The Morgan fingerprint density at radius 3 is 2.50 bits per heavy atom. The summed E-state index contributed by atoms with van der Waals surface area (Å²) < 4.78 is 0. The average Bonchev–Trinajstić information content (AvgIpc) is 2.18. The van der Waals surface area contributed by atoms with Gasteiger partial charge >= 0.3 is 5.97 Å². The molecule has 0 saturated carbocycles. The second kappa shape index (κ2) is 4.18. The van der Waals surface area contributed by atoms with Crippen LogP contribution in [0.2, 0.25) is 0 Å². The van der Waals surface area contributed by atoms with E-state index in [9.17, 15) is 9.59 Å². The summed E-state index contributed by atoms with van der Waals surface area (Å²) in [6, 6.07) is 4.06. The van der Waals surface area contributed by atoms with Gasteiger partial charge in [-0.25, -0.2) is 9.78 Å². The number of nitrogens with zero attached hydrogens (tertiary/aromatic N) is 1. The summed E-state index contributed by atoms with van der Waals surface area (Å²) in [6.07, 6.45) is 1.48. The first-order valence-electron chi connectivity index (χ1n) is 3.70. The first-order chi connectivity index (χ1) is 6.65. The van der Waals surface area contributed by atoms with Gasteiger partial charge in [0.05, 0.1) is 6.26 Å². The number of ketones is 1. The molecule has 0 spiro atoms. The quantitative estimate of drug-likeness (QED) is 0.425. The van der Waals surface area contributed by atoms with E-state index in [2.05, 4.69) is 4.98 Å². The maximum atomic E-state index is 11.1. The van der Waals surface area contributed by atoms with Gasteiger partial charge in [-0.1, -0.05) is 6.07 Å². The fourth-order valence-electron chi connectivity index (χ4n) is 0.844. The Kier molecular flexibility index (Phi) is 2.96. The number of aliphatic hydroxyl groups excluding tert-OH is 1. The number of pyridine rings is 1. The highest BCUT2D eigenvalue weighted by atomic mass is 16.4. The van der Waals surface area contributed by atoms with Gasteiger partial charge in [-0.05, 0) is 12.1 Å². The van der Waals surface area contributed by atoms with Gasteiger partial charge in [-0.15, -0.1) is 0 Å². The van der Waals surface area contributed by atoms with Crippen molar-refractivity contribution in [2.75, 3.05) is 0 Å². The summed E-state index contributed by atoms with van der Waals surface area (Å²) in [6.45, 7) is 0. The van der Waals surface area contributed by atoms with Gasteiger partial charge in [0.2, 0.25) is 5.78 Å². The van der Waals surface area contributed by atoms with Crippen LogP contribution >= 0.6 is 0 Å². The monoisotopic (exact) mass is 193 g/mol. The predicted molar refractivity (Wildman–Crippen MR) is 47.3 cm³/mol. The lowest BCUT2D eigenvalue weighted by Crippen LogP contribution is -2.05. The summed E-state index contributed by atoms with van der Waals surface area (Å²) in [4.78, 5) is 25.2. The molecule has 0 amide bonds. The Hall–Kier alpha value is -2.17. The molecule has 1 rings (SSSR count). The number of rotatable bonds is 3. The SMILES string of the molecule is O=C(O)c1cccc(C(=O)/C=C\O)n1. The van der Waals surface area contributed by atoms with Crippen molar-refractivity contribution >= 4 is 11.8 Å². The summed E-state index contributed by atoms with van der Waals surface area (Å²) in [5, 5.41) is 16.9. The van der Waals surface area contributed by atoms with Crippen molar-refractivity contribution in [3.63, 3.8) is 0 Å². The van der Waals surface area contributed by atoms with E-state index >= 15 is 0 Å². The molecule has 1 heterocycles. The number of carbonyl (C=O) groups is 2. The van der Waals surface area contributed by atoms with E-state index in [4.69, 9.17) is 10.2 Å². The first kappa shape index (κ1) is 9.91. The number of carbonyl (C=O) groups excluding carboxylic acids is 1. The van der Waals surface area contributed by atoms with Crippen molar-refractivity contribution in [3.8, 4) is 0 Å². The third-order valence-electron chi connectivity index (χ3n) is 1.45. The number of aliphatic hydroxyl groups is 1. The van der Waals surface area contributed by atoms with Crippen molar-refractivity contribution in [1.29, 1.82) is 0 Å². The van der Waals surface area contributed by atoms with Gasteiger partial charge < -0.3 is 10.2 Å². The van der Waals surface area contributed by atoms with Gasteiger partial charge in [0.15, 0.2) is 0 Å². The van der Waals surface area contributed by atoms with E-state index in [-0.39, 0.29) is 11.4 Å². The zero-order valence-electron chi connectivity index (χ0n) is 7.04. The molecular formula is C9H7NO4. The molecule has 0 radical (unpaired) electrons. The zero-order valence-corrected chi connectivity index (χ0v) is 7.04. The number of allylic oxidation sites excluding steroid dienone is 1. The van der Waals surface area contributed by atoms with Gasteiger partial charge in [-0.2, -0.15) is 0 Å². The van der Waals surface area contributed by atoms with E-state index in [0.717, 1.165) is 6.08 Å². The molecule has 0 aliphatic carbocycles. The molecule has 1 aromatic rings. The second-order valence-corrected chi connectivity index (χ2v) is 2.39. The standard InChI is InChI=1S/C9H7NO4/c11-5-4-8(12)6-2-1-3-7(10-6)9(13)14/h1-5,11H,(H,13,14)/b5-4-. The van der Waals surface area contributed by atoms with Crippen LogP contribution in [0.1, 0.15) is 21.0 Å². The minimum absolute atomic E-state index is 0.0183. The maximum absolute atomic E-state index is 11.1. The zero-order chi connectivity index (χ0) is 10.6. The van der Waals surface area contributed by atoms with Crippen LogP contribution in [0.4, 0.5) is 0 Å². The predicted octanol–water partition coefficient (Wildman–Crippen LogP) is 1.03. The third-order valence-corrected chi connectivity index (χ3v) is 1.45. The van der Waals surface area contributed by atoms with Crippen molar-refractivity contribution in [3.05, 3.63) is 41.9 Å². The Bertz CT molecular complexity index is 398. The Balaban J connectivity index is 3.05. The van der Waals surface area contributed by atoms with Crippen LogP contribution in [-0.4, -0.2) is 26.9 Å². The van der Waals surface area contributed by atoms with E-state index < -0.39 is 11.8 Å². The normalized spacial score (nSPS) is 10.3. The molecule has 0 aliphatic rings. The fourth-order valence-corrected chi connectivity index (χ4v) is 0.844. The summed E-state index contributed by atoms with van der Waals surface area (Å²) >= 11 is 0. The largest absolute Gasteiger partial charge is 0.515 e. The number of hydrogen-bond acceptors (Lipinski definition) is 4.